The minimum absolute atomic E-state index is 0.211. The van der Waals surface area contributed by atoms with Gasteiger partial charge in [-0.05, 0) is 20.3 Å². The molecule has 2 rings (SSSR count). The summed E-state index contributed by atoms with van der Waals surface area (Å²) in [5.41, 5.74) is 2.46. The van der Waals surface area contributed by atoms with Crippen molar-refractivity contribution in [2.75, 3.05) is 0 Å². The number of carbonyl (C=O) groups is 1. The van der Waals surface area contributed by atoms with E-state index in [4.69, 9.17) is 0 Å². The number of imidazole rings is 1. The Bertz CT molecular complexity index is 587. The van der Waals surface area contributed by atoms with Crippen LogP contribution in [0.4, 0.5) is 0 Å². The van der Waals surface area contributed by atoms with Gasteiger partial charge in [0.25, 0.3) is 0 Å². The number of nitrogens with zero attached hydrogens (tertiary/aromatic N) is 3. The van der Waals surface area contributed by atoms with Gasteiger partial charge in [-0.25, -0.2) is 14.8 Å². The molecular weight excluding hydrogens is 218 g/mol. The molecule has 5 nitrogen and oxygen atoms in total. The average molecular weight is 233 g/mol. The molecule has 0 saturated heterocycles. The molecule has 17 heavy (non-hydrogen) atoms. The Morgan fingerprint density at radius 1 is 1.47 bits per heavy atom. The van der Waals surface area contributed by atoms with E-state index in [1.807, 2.05) is 0 Å². The van der Waals surface area contributed by atoms with E-state index in [-0.39, 0.29) is 5.69 Å². The Labute approximate surface area is 99.1 Å². The van der Waals surface area contributed by atoms with Crippen molar-refractivity contribution in [3.63, 3.8) is 0 Å². The molecule has 90 valence electrons. The number of hydrogen-bond acceptors (Lipinski definition) is 3. The van der Waals surface area contributed by atoms with Crippen LogP contribution in [0.3, 0.4) is 0 Å². The smallest absolute Gasteiger partial charge is 0.354 e. The molecule has 0 spiro atoms. The Hall–Kier alpha value is -1.91. The maximum atomic E-state index is 11.2. The van der Waals surface area contributed by atoms with Gasteiger partial charge in [-0.3, -0.25) is 4.40 Å². The van der Waals surface area contributed by atoms with Crippen LogP contribution in [0, 0.1) is 13.8 Å². The van der Waals surface area contributed by atoms with E-state index in [2.05, 4.69) is 16.9 Å². The number of fused-ring (bicyclic) bond motifs is 1. The summed E-state index contributed by atoms with van der Waals surface area (Å²) in [5, 5.41) is 9.21. The lowest BCUT2D eigenvalue weighted by atomic mass is 10.2. The highest BCUT2D eigenvalue weighted by Crippen LogP contribution is 2.18. The van der Waals surface area contributed by atoms with Crippen LogP contribution in [0.25, 0.3) is 5.65 Å². The van der Waals surface area contributed by atoms with E-state index in [1.54, 1.807) is 24.4 Å². The van der Waals surface area contributed by atoms with Crippen molar-refractivity contribution < 1.29 is 9.90 Å². The van der Waals surface area contributed by atoms with Crippen LogP contribution in [0.1, 0.15) is 40.9 Å². The molecule has 0 atom stereocenters. The predicted octanol–water partition coefficient (Wildman–Crippen LogP) is 2.00. The fraction of sp³-hybridized carbons (Fsp3) is 0.417. The van der Waals surface area contributed by atoms with Gasteiger partial charge in [0.2, 0.25) is 0 Å². The molecule has 5 heteroatoms. The lowest BCUT2D eigenvalue weighted by Crippen LogP contribution is -2.08. The van der Waals surface area contributed by atoms with E-state index >= 15 is 0 Å². The number of carboxylic acids is 1. The Morgan fingerprint density at radius 3 is 2.76 bits per heavy atom. The van der Waals surface area contributed by atoms with Gasteiger partial charge in [0.15, 0.2) is 5.69 Å². The summed E-state index contributed by atoms with van der Waals surface area (Å²) in [6, 6.07) is 0. The lowest BCUT2D eigenvalue weighted by Gasteiger charge is -2.05. The van der Waals surface area contributed by atoms with E-state index in [0.717, 1.165) is 18.4 Å². The Morgan fingerprint density at radius 2 is 2.18 bits per heavy atom. The molecule has 0 aliphatic carbocycles. The molecule has 1 N–H and O–H groups in total. The molecule has 0 aliphatic rings. The first kappa shape index (κ1) is 11.6. The average Bonchev–Trinajstić information content (AvgIpc) is 2.61. The van der Waals surface area contributed by atoms with Gasteiger partial charge >= 0.3 is 5.97 Å². The van der Waals surface area contributed by atoms with Gasteiger partial charge in [0, 0.05) is 11.8 Å². The third-order valence-electron chi connectivity index (χ3n) is 2.79. The van der Waals surface area contributed by atoms with Gasteiger partial charge in [0.1, 0.15) is 11.5 Å². The van der Waals surface area contributed by atoms with Crippen LogP contribution in [0.15, 0.2) is 6.20 Å². The van der Waals surface area contributed by atoms with Crippen molar-refractivity contribution >= 4 is 11.6 Å². The maximum Gasteiger partial charge on any atom is 0.354 e. The third kappa shape index (κ3) is 1.77. The molecule has 0 radical (unpaired) electrons. The second-order valence-corrected chi connectivity index (χ2v) is 4.09. The highest BCUT2D eigenvalue weighted by molar-refractivity contribution is 5.88. The molecule has 0 saturated carbocycles. The zero-order valence-electron chi connectivity index (χ0n) is 10.2. The number of carboxylic acid groups (broad SMARTS) is 1. The molecule has 0 aromatic carbocycles. The first-order valence-corrected chi connectivity index (χ1v) is 5.63. The van der Waals surface area contributed by atoms with Crippen molar-refractivity contribution in [3.05, 3.63) is 29.0 Å². The lowest BCUT2D eigenvalue weighted by molar-refractivity contribution is 0.0688. The highest BCUT2D eigenvalue weighted by atomic mass is 16.4. The minimum Gasteiger partial charge on any atom is -0.477 e. The summed E-state index contributed by atoms with van der Waals surface area (Å²) in [4.78, 5) is 19.8. The maximum absolute atomic E-state index is 11.2. The Kier molecular flexibility index (Phi) is 2.83. The van der Waals surface area contributed by atoms with Gasteiger partial charge in [-0.15, -0.1) is 0 Å². The van der Waals surface area contributed by atoms with Crippen LogP contribution in [0.2, 0.25) is 0 Å². The molecule has 2 aromatic heterocycles. The summed E-state index contributed by atoms with van der Waals surface area (Å²) in [6.07, 6.45) is 3.62. The highest BCUT2D eigenvalue weighted by Gasteiger charge is 2.19. The quantitative estimate of drug-likeness (QED) is 0.880. The van der Waals surface area contributed by atoms with E-state index < -0.39 is 5.97 Å². The summed E-state index contributed by atoms with van der Waals surface area (Å²) < 4.78 is 1.63. The molecule has 0 amide bonds. The fourth-order valence-electron chi connectivity index (χ4n) is 2.04. The number of aromatic carboxylic acids is 1. The van der Waals surface area contributed by atoms with Gasteiger partial charge in [-0.2, -0.15) is 0 Å². The molecule has 2 heterocycles. The van der Waals surface area contributed by atoms with Crippen LogP contribution in [-0.4, -0.2) is 25.4 Å². The summed E-state index contributed by atoms with van der Waals surface area (Å²) >= 11 is 0. The monoisotopic (exact) mass is 233 g/mol. The van der Waals surface area contributed by atoms with E-state index in [0.29, 0.717) is 17.2 Å². The summed E-state index contributed by atoms with van der Waals surface area (Å²) in [6.45, 7) is 5.58. The number of aryl methyl sites for hydroxylation is 3. The van der Waals surface area contributed by atoms with Crippen LogP contribution < -0.4 is 0 Å². The topological polar surface area (TPSA) is 67.5 Å². The van der Waals surface area contributed by atoms with Gasteiger partial charge in [-0.1, -0.05) is 13.3 Å². The standard InChI is InChI=1S/C12H15N3O2/c1-4-5-9-6-13-8(3)15-10(12(16)17)7(2)14-11(9)15/h6H,4-5H2,1-3H3,(H,16,17). The normalized spacial score (nSPS) is 11.0. The molecule has 0 bridgehead atoms. The number of hydrogen-bond donors (Lipinski definition) is 1. The summed E-state index contributed by atoms with van der Waals surface area (Å²) in [5.74, 6) is -0.314. The Balaban J connectivity index is 2.82. The van der Waals surface area contributed by atoms with Crippen molar-refractivity contribution in [3.8, 4) is 0 Å². The van der Waals surface area contributed by atoms with E-state index in [1.165, 1.54) is 0 Å². The first-order chi connectivity index (χ1) is 8.06. The van der Waals surface area contributed by atoms with Crippen molar-refractivity contribution in [2.24, 2.45) is 0 Å². The second kappa shape index (κ2) is 4.16. The van der Waals surface area contributed by atoms with Gasteiger partial charge in [0.05, 0.1) is 5.69 Å². The molecule has 0 unspecified atom stereocenters. The van der Waals surface area contributed by atoms with E-state index in [9.17, 15) is 9.90 Å². The fourth-order valence-corrected chi connectivity index (χ4v) is 2.04. The van der Waals surface area contributed by atoms with Crippen molar-refractivity contribution in [1.82, 2.24) is 14.4 Å². The minimum atomic E-state index is -0.964. The van der Waals surface area contributed by atoms with Crippen molar-refractivity contribution in [2.45, 2.75) is 33.6 Å². The van der Waals surface area contributed by atoms with Crippen LogP contribution in [0.5, 0.6) is 0 Å². The first-order valence-electron chi connectivity index (χ1n) is 5.63. The van der Waals surface area contributed by atoms with Crippen molar-refractivity contribution in [1.29, 1.82) is 0 Å². The largest absolute Gasteiger partial charge is 0.477 e. The van der Waals surface area contributed by atoms with Crippen LogP contribution >= 0.6 is 0 Å². The molecule has 0 aliphatic heterocycles. The van der Waals surface area contributed by atoms with Crippen LogP contribution in [-0.2, 0) is 6.42 Å². The molecular formula is C12H15N3O2. The third-order valence-corrected chi connectivity index (χ3v) is 2.79. The van der Waals surface area contributed by atoms with Gasteiger partial charge < -0.3 is 5.11 Å². The SMILES string of the molecule is CCCc1cnc(C)n2c(C(=O)O)c(C)nc12. The zero-order chi connectivity index (χ0) is 12.6. The molecule has 2 aromatic rings. The zero-order valence-corrected chi connectivity index (χ0v) is 10.2. The number of aromatic nitrogens is 3. The molecule has 0 fully saturated rings. The summed E-state index contributed by atoms with van der Waals surface area (Å²) in [7, 11) is 0. The predicted molar refractivity (Wildman–Crippen MR) is 63.4 cm³/mol. The second-order valence-electron chi connectivity index (χ2n) is 4.09. The number of rotatable bonds is 3.